The number of carbonyl (C=O) groups excluding carboxylic acids is 1. The number of hydrogen-bond acceptors (Lipinski definition) is 4. The second-order valence-electron chi connectivity index (χ2n) is 6.09. The molecule has 1 aromatic carbocycles. The van der Waals surface area contributed by atoms with Crippen LogP contribution in [-0.2, 0) is 4.79 Å². The molecule has 3 rings (SSSR count). The number of piperidine rings is 1. The van der Waals surface area contributed by atoms with Crippen LogP contribution in [0.5, 0.6) is 5.75 Å². The lowest BCUT2D eigenvalue weighted by Crippen LogP contribution is -2.44. The van der Waals surface area contributed by atoms with Crippen LogP contribution in [0.2, 0.25) is 0 Å². The van der Waals surface area contributed by atoms with Crippen molar-refractivity contribution in [3.63, 3.8) is 0 Å². The quantitative estimate of drug-likeness (QED) is 0.840. The Kier molecular flexibility index (Phi) is 4.40. The second-order valence-corrected chi connectivity index (χ2v) is 7.14. The number of aromatic hydroxyl groups is 1. The number of likely N-dealkylation sites (tertiary alicyclic amines) is 1. The predicted octanol–water partition coefficient (Wildman–Crippen LogP) is 2.09. The Labute approximate surface area is 129 Å². The first kappa shape index (κ1) is 14.7. The largest absolute Gasteiger partial charge is 0.508 e. The molecule has 5 heteroatoms. The fourth-order valence-electron chi connectivity index (χ4n) is 3.23. The van der Waals surface area contributed by atoms with Gasteiger partial charge in [0.15, 0.2) is 0 Å². The van der Waals surface area contributed by atoms with Crippen molar-refractivity contribution in [1.29, 1.82) is 0 Å². The highest BCUT2D eigenvalue weighted by atomic mass is 32.2. The Bertz CT molecular complexity index is 488. The summed E-state index contributed by atoms with van der Waals surface area (Å²) in [5.41, 5.74) is 0.459. The smallest absolute Gasteiger partial charge is 0.232 e. The average molecular weight is 306 g/mol. The number of hydrogen-bond donors (Lipinski definition) is 2. The maximum absolute atomic E-state index is 12.3. The molecule has 0 aromatic heterocycles. The van der Waals surface area contributed by atoms with Gasteiger partial charge in [0.1, 0.15) is 5.75 Å². The molecule has 0 aliphatic carbocycles. The summed E-state index contributed by atoms with van der Waals surface area (Å²) in [7, 11) is 0. The van der Waals surface area contributed by atoms with E-state index in [9.17, 15) is 9.90 Å². The first-order valence-corrected chi connectivity index (χ1v) is 8.56. The molecule has 2 heterocycles. The summed E-state index contributed by atoms with van der Waals surface area (Å²) in [6.45, 7) is 4.05. The number of thioether (sulfide) groups is 1. The zero-order valence-electron chi connectivity index (χ0n) is 12.2. The van der Waals surface area contributed by atoms with Crippen LogP contribution >= 0.6 is 11.8 Å². The Morgan fingerprint density at radius 2 is 1.95 bits per heavy atom. The number of nitrogens with zero attached hydrogens (tertiary/aromatic N) is 1. The molecule has 2 aliphatic rings. The summed E-state index contributed by atoms with van der Waals surface area (Å²) in [5, 5.41) is 12.7. The molecule has 1 spiro atoms. The minimum atomic E-state index is 0.230. The number of nitrogens with one attached hydrogen (secondary N) is 1. The zero-order chi connectivity index (χ0) is 14.7. The van der Waals surface area contributed by atoms with E-state index < -0.39 is 0 Å². The van der Waals surface area contributed by atoms with Gasteiger partial charge in [-0.1, -0.05) is 0 Å². The highest BCUT2D eigenvalue weighted by Crippen LogP contribution is 2.37. The van der Waals surface area contributed by atoms with Crippen molar-refractivity contribution < 1.29 is 9.90 Å². The average Bonchev–Trinajstić information content (AvgIpc) is 2.95. The highest BCUT2D eigenvalue weighted by Gasteiger charge is 2.37. The van der Waals surface area contributed by atoms with Crippen LogP contribution in [0.4, 0.5) is 0 Å². The van der Waals surface area contributed by atoms with Gasteiger partial charge in [0.05, 0.1) is 5.75 Å². The van der Waals surface area contributed by atoms with Crippen LogP contribution in [0, 0.1) is 5.41 Å². The summed E-state index contributed by atoms with van der Waals surface area (Å²) >= 11 is 1.54. The molecule has 1 amide bonds. The first-order valence-electron chi connectivity index (χ1n) is 7.57. The lowest BCUT2D eigenvalue weighted by atomic mass is 9.78. The van der Waals surface area contributed by atoms with E-state index in [1.54, 1.807) is 12.1 Å². The fourth-order valence-corrected chi connectivity index (χ4v) is 4.03. The Balaban J connectivity index is 1.47. The van der Waals surface area contributed by atoms with Gasteiger partial charge in [-0.3, -0.25) is 4.79 Å². The van der Waals surface area contributed by atoms with Crippen molar-refractivity contribution in [2.45, 2.75) is 24.2 Å². The van der Waals surface area contributed by atoms with Crippen LogP contribution in [0.25, 0.3) is 0 Å². The second kappa shape index (κ2) is 6.28. The molecular formula is C16H22N2O2S. The molecule has 2 aliphatic heterocycles. The van der Waals surface area contributed by atoms with Crippen LogP contribution < -0.4 is 5.32 Å². The predicted molar refractivity (Wildman–Crippen MR) is 84.6 cm³/mol. The summed E-state index contributed by atoms with van der Waals surface area (Å²) in [4.78, 5) is 15.3. The molecule has 114 valence electrons. The number of benzene rings is 1. The van der Waals surface area contributed by atoms with Gasteiger partial charge in [0, 0.05) is 24.5 Å². The van der Waals surface area contributed by atoms with Crippen molar-refractivity contribution in [3.05, 3.63) is 24.3 Å². The Hall–Kier alpha value is -1.20. The minimum absolute atomic E-state index is 0.230. The molecule has 21 heavy (non-hydrogen) atoms. The number of rotatable bonds is 3. The van der Waals surface area contributed by atoms with E-state index in [0.29, 0.717) is 11.2 Å². The lowest BCUT2D eigenvalue weighted by Gasteiger charge is -2.38. The minimum Gasteiger partial charge on any atom is -0.508 e. The van der Waals surface area contributed by atoms with Crippen molar-refractivity contribution in [1.82, 2.24) is 10.2 Å². The van der Waals surface area contributed by atoms with Crippen molar-refractivity contribution >= 4 is 17.7 Å². The fraction of sp³-hybridized carbons (Fsp3) is 0.562. The van der Waals surface area contributed by atoms with Gasteiger partial charge in [-0.05, 0) is 55.5 Å². The normalized spacial score (nSPS) is 20.9. The summed E-state index contributed by atoms with van der Waals surface area (Å²) in [6, 6.07) is 7.01. The topological polar surface area (TPSA) is 52.6 Å². The van der Waals surface area contributed by atoms with Crippen molar-refractivity contribution in [3.8, 4) is 5.75 Å². The maximum Gasteiger partial charge on any atom is 0.232 e. The van der Waals surface area contributed by atoms with E-state index in [1.807, 2.05) is 17.0 Å². The summed E-state index contributed by atoms with van der Waals surface area (Å²) < 4.78 is 0. The molecule has 2 fully saturated rings. The zero-order valence-corrected chi connectivity index (χ0v) is 13.0. The SMILES string of the molecule is O=C(CSc1ccc(O)cc1)N1CCC2(CCNC2)CC1. The van der Waals surface area contributed by atoms with Crippen LogP contribution in [0.1, 0.15) is 19.3 Å². The van der Waals surface area contributed by atoms with E-state index in [0.717, 1.165) is 43.9 Å². The number of phenolic OH excluding ortho intramolecular Hbond substituents is 1. The number of carbonyl (C=O) groups is 1. The number of amides is 1. The molecule has 0 radical (unpaired) electrons. The van der Waals surface area contributed by atoms with Gasteiger partial charge in [0.25, 0.3) is 0 Å². The van der Waals surface area contributed by atoms with Gasteiger partial charge in [-0.25, -0.2) is 0 Å². The third-order valence-corrected chi connectivity index (χ3v) is 5.70. The van der Waals surface area contributed by atoms with E-state index in [-0.39, 0.29) is 11.7 Å². The Morgan fingerprint density at radius 1 is 1.24 bits per heavy atom. The summed E-state index contributed by atoms with van der Waals surface area (Å²) in [5.74, 6) is 0.974. The van der Waals surface area contributed by atoms with E-state index in [2.05, 4.69) is 5.32 Å². The molecule has 2 N–H and O–H groups in total. The summed E-state index contributed by atoms with van der Waals surface area (Å²) in [6.07, 6.45) is 3.53. The highest BCUT2D eigenvalue weighted by molar-refractivity contribution is 8.00. The van der Waals surface area contributed by atoms with Gasteiger partial charge in [-0.2, -0.15) is 0 Å². The van der Waals surface area contributed by atoms with Crippen LogP contribution in [0.15, 0.2) is 29.2 Å². The van der Waals surface area contributed by atoms with Gasteiger partial charge >= 0.3 is 0 Å². The molecule has 4 nitrogen and oxygen atoms in total. The maximum atomic E-state index is 12.3. The molecule has 1 aromatic rings. The number of phenols is 1. The van der Waals surface area contributed by atoms with Crippen molar-refractivity contribution in [2.24, 2.45) is 5.41 Å². The standard InChI is InChI=1S/C16H22N2O2S/c19-13-1-3-14(4-2-13)21-11-15(20)18-9-6-16(7-10-18)5-8-17-12-16/h1-4,17,19H,5-12H2. The molecular weight excluding hydrogens is 284 g/mol. The van der Waals surface area contributed by atoms with Gasteiger partial charge < -0.3 is 15.3 Å². The van der Waals surface area contributed by atoms with Crippen LogP contribution in [-0.4, -0.2) is 47.8 Å². The van der Waals surface area contributed by atoms with E-state index >= 15 is 0 Å². The Morgan fingerprint density at radius 3 is 2.57 bits per heavy atom. The monoisotopic (exact) mass is 306 g/mol. The van der Waals surface area contributed by atoms with Gasteiger partial charge in [-0.15, -0.1) is 11.8 Å². The molecule has 2 saturated heterocycles. The van der Waals surface area contributed by atoms with Crippen LogP contribution in [0.3, 0.4) is 0 Å². The van der Waals surface area contributed by atoms with Gasteiger partial charge in [0.2, 0.25) is 5.91 Å². The third-order valence-electron chi connectivity index (χ3n) is 4.71. The van der Waals surface area contributed by atoms with Crippen molar-refractivity contribution in [2.75, 3.05) is 31.9 Å². The van der Waals surface area contributed by atoms with E-state index in [4.69, 9.17) is 0 Å². The van der Waals surface area contributed by atoms with E-state index in [1.165, 1.54) is 18.2 Å². The third kappa shape index (κ3) is 3.52. The molecule has 0 saturated carbocycles. The molecule has 0 bridgehead atoms. The molecule has 0 unspecified atom stereocenters. The first-order chi connectivity index (χ1) is 10.2. The molecule has 0 atom stereocenters. The lowest BCUT2D eigenvalue weighted by molar-refractivity contribution is -0.130.